The Labute approximate surface area is 116 Å². The third kappa shape index (κ3) is 4.25. The lowest BCUT2D eigenvalue weighted by molar-refractivity contribution is 0.552. The van der Waals surface area contributed by atoms with Crippen LogP contribution < -0.4 is 5.32 Å². The molecule has 1 aromatic carbocycles. The molecule has 2 nitrogen and oxygen atoms in total. The summed E-state index contributed by atoms with van der Waals surface area (Å²) in [6.45, 7) is 9.62. The molecule has 2 aromatic rings. The second kappa shape index (κ2) is 6.58. The monoisotopic (exact) mass is 256 g/mol. The Bertz CT molecular complexity index is 511. The van der Waals surface area contributed by atoms with Crippen LogP contribution in [0, 0.1) is 12.8 Å². The van der Waals surface area contributed by atoms with Crippen LogP contribution in [0.3, 0.4) is 0 Å². The van der Waals surface area contributed by atoms with E-state index in [1.807, 2.05) is 0 Å². The third-order valence-electron chi connectivity index (χ3n) is 3.31. The van der Waals surface area contributed by atoms with E-state index in [1.165, 1.54) is 16.7 Å². The molecule has 2 rings (SSSR count). The first-order chi connectivity index (χ1) is 9.15. The smallest absolute Gasteiger partial charge is 0.0472 e. The highest BCUT2D eigenvalue weighted by Gasteiger charge is 2.01. The Balaban J connectivity index is 1.92. The van der Waals surface area contributed by atoms with Crippen LogP contribution in [-0.2, 0) is 13.1 Å². The Morgan fingerprint density at radius 2 is 1.95 bits per heavy atom. The van der Waals surface area contributed by atoms with Gasteiger partial charge in [0.2, 0.25) is 0 Å². The van der Waals surface area contributed by atoms with Gasteiger partial charge < -0.3 is 9.88 Å². The summed E-state index contributed by atoms with van der Waals surface area (Å²) in [6.07, 6.45) is 4.40. The number of hydrogen-bond acceptors (Lipinski definition) is 1. The van der Waals surface area contributed by atoms with Gasteiger partial charge in [-0.05, 0) is 42.1 Å². The minimum Gasteiger partial charge on any atom is -0.350 e. The fourth-order valence-electron chi connectivity index (χ4n) is 2.18. The topological polar surface area (TPSA) is 17.0 Å². The fourth-order valence-corrected chi connectivity index (χ4v) is 2.18. The van der Waals surface area contributed by atoms with Crippen molar-refractivity contribution in [1.82, 2.24) is 9.88 Å². The molecular formula is C17H24N2. The lowest BCUT2D eigenvalue weighted by Gasteiger charge is -2.07. The highest BCUT2D eigenvalue weighted by Crippen LogP contribution is 2.10. The van der Waals surface area contributed by atoms with Crippen LogP contribution in [0.15, 0.2) is 42.7 Å². The van der Waals surface area contributed by atoms with E-state index in [-0.39, 0.29) is 0 Å². The van der Waals surface area contributed by atoms with Crippen LogP contribution in [0.4, 0.5) is 0 Å². The summed E-state index contributed by atoms with van der Waals surface area (Å²) < 4.78 is 2.26. The minimum atomic E-state index is 0.703. The lowest BCUT2D eigenvalue weighted by atomic mass is 10.1. The van der Waals surface area contributed by atoms with E-state index in [9.17, 15) is 0 Å². The maximum absolute atomic E-state index is 3.48. The van der Waals surface area contributed by atoms with Crippen LogP contribution in [0.5, 0.6) is 0 Å². The van der Waals surface area contributed by atoms with Crippen molar-refractivity contribution >= 4 is 0 Å². The van der Waals surface area contributed by atoms with Gasteiger partial charge in [0, 0.05) is 25.5 Å². The number of rotatable bonds is 6. The second-order valence-electron chi connectivity index (χ2n) is 5.64. The molecule has 0 aliphatic heterocycles. The predicted molar refractivity (Wildman–Crippen MR) is 81.3 cm³/mol. The maximum atomic E-state index is 3.48. The first kappa shape index (κ1) is 13.9. The van der Waals surface area contributed by atoms with Gasteiger partial charge in [-0.1, -0.05) is 38.1 Å². The van der Waals surface area contributed by atoms with Gasteiger partial charge in [-0.15, -0.1) is 0 Å². The molecule has 19 heavy (non-hydrogen) atoms. The highest BCUT2D eigenvalue weighted by molar-refractivity contribution is 5.26. The van der Waals surface area contributed by atoms with Gasteiger partial charge in [-0.25, -0.2) is 0 Å². The van der Waals surface area contributed by atoms with Crippen molar-refractivity contribution in [1.29, 1.82) is 0 Å². The van der Waals surface area contributed by atoms with Crippen LogP contribution in [0.25, 0.3) is 0 Å². The predicted octanol–water partition coefficient (Wildman–Crippen LogP) is 3.59. The molecule has 1 heterocycles. The molecule has 0 amide bonds. The third-order valence-corrected chi connectivity index (χ3v) is 3.31. The quantitative estimate of drug-likeness (QED) is 0.835. The second-order valence-corrected chi connectivity index (χ2v) is 5.64. The molecule has 1 aromatic heterocycles. The van der Waals surface area contributed by atoms with Crippen LogP contribution in [0.2, 0.25) is 0 Å². The SMILES string of the molecule is Cc1ccccc1Cn1ccc(CNCC(C)C)c1. The van der Waals surface area contributed by atoms with E-state index >= 15 is 0 Å². The zero-order valence-electron chi connectivity index (χ0n) is 12.2. The van der Waals surface area contributed by atoms with Crippen molar-refractivity contribution in [3.05, 3.63) is 59.4 Å². The molecule has 102 valence electrons. The average molecular weight is 256 g/mol. The summed E-state index contributed by atoms with van der Waals surface area (Å²) >= 11 is 0. The van der Waals surface area contributed by atoms with Crippen molar-refractivity contribution in [2.45, 2.75) is 33.9 Å². The zero-order chi connectivity index (χ0) is 13.7. The molecule has 0 radical (unpaired) electrons. The first-order valence-corrected chi connectivity index (χ1v) is 7.05. The van der Waals surface area contributed by atoms with E-state index in [0.717, 1.165) is 19.6 Å². The largest absolute Gasteiger partial charge is 0.350 e. The summed E-state index contributed by atoms with van der Waals surface area (Å²) in [7, 11) is 0. The van der Waals surface area contributed by atoms with Crippen molar-refractivity contribution < 1.29 is 0 Å². The molecular weight excluding hydrogens is 232 g/mol. The van der Waals surface area contributed by atoms with E-state index in [4.69, 9.17) is 0 Å². The zero-order valence-corrected chi connectivity index (χ0v) is 12.2. The van der Waals surface area contributed by atoms with Gasteiger partial charge in [-0.3, -0.25) is 0 Å². The minimum absolute atomic E-state index is 0.703. The van der Waals surface area contributed by atoms with Gasteiger partial charge in [0.1, 0.15) is 0 Å². The van der Waals surface area contributed by atoms with E-state index in [0.29, 0.717) is 5.92 Å². The molecule has 2 heteroatoms. The van der Waals surface area contributed by atoms with Crippen molar-refractivity contribution in [3.63, 3.8) is 0 Å². The highest BCUT2D eigenvalue weighted by atomic mass is 14.9. The molecule has 0 saturated carbocycles. The number of hydrogen-bond donors (Lipinski definition) is 1. The van der Waals surface area contributed by atoms with Gasteiger partial charge in [0.25, 0.3) is 0 Å². The molecule has 0 aliphatic carbocycles. The summed E-state index contributed by atoms with van der Waals surface area (Å²) in [5, 5.41) is 3.48. The molecule has 0 bridgehead atoms. The maximum Gasteiger partial charge on any atom is 0.0472 e. The normalized spacial score (nSPS) is 11.2. The number of benzene rings is 1. The first-order valence-electron chi connectivity index (χ1n) is 7.05. The van der Waals surface area contributed by atoms with E-state index in [2.05, 4.69) is 73.4 Å². The van der Waals surface area contributed by atoms with Gasteiger partial charge in [-0.2, -0.15) is 0 Å². The van der Waals surface area contributed by atoms with Crippen LogP contribution in [0.1, 0.15) is 30.5 Å². The van der Waals surface area contributed by atoms with Gasteiger partial charge >= 0.3 is 0 Å². The summed E-state index contributed by atoms with van der Waals surface area (Å²) in [6, 6.07) is 10.8. The molecule has 0 saturated heterocycles. The van der Waals surface area contributed by atoms with Gasteiger partial charge in [0.15, 0.2) is 0 Å². The summed E-state index contributed by atoms with van der Waals surface area (Å²) in [5.74, 6) is 0.703. The van der Waals surface area contributed by atoms with Crippen LogP contribution in [-0.4, -0.2) is 11.1 Å². The van der Waals surface area contributed by atoms with Crippen molar-refractivity contribution in [3.8, 4) is 0 Å². The molecule has 0 spiro atoms. The van der Waals surface area contributed by atoms with Crippen LogP contribution >= 0.6 is 0 Å². The van der Waals surface area contributed by atoms with Gasteiger partial charge in [0.05, 0.1) is 0 Å². The fraction of sp³-hybridized carbons (Fsp3) is 0.412. The Hall–Kier alpha value is -1.54. The Morgan fingerprint density at radius 3 is 2.68 bits per heavy atom. The molecule has 0 fully saturated rings. The van der Waals surface area contributed by atoms with Crippen molar-refractivity contribution in [2.24, 2.45) is 5.92 Å². The number of aryl methyl sites for hydroxylation is 1. The molecule has 0 atom stereocenters. The Morgan fingerprint density at radius 1 is 1.16 bits per heavy atom. The van der Waals surface area contributed by atoms with E-state index in [1.54, 1.807) is 0 Å². The molecule has 1 N–H and O–H groups in total. The summed E-state index contributed by atoms with van der Waals surface area (Å²) in [5.41, 5.74) is 4.10. The number of nitrogens with zero attached hydrogens (tertiary/aromatic N) is 1. The molecule has 0 unspecified atom stereocenters. The summed E-state index contributed by atoms with van der Waals surface area (Å²) in [4.78, 5) is 0. The number of nitrogens with one attached hydrogen (secondary N) is 1. The molecule has 0 aliphatic rings. The standard InChI is InChI=1S/C17H24N2/c1-14(2)10-18-11-16-8-9-19(12-16)13-17-7-5-4-6-15(17)3/h4-9,12,14,18H,10-11,13H2,1-3H3. The number of aromatic nitrogens is 1. The van der Waals surface area contributed by atoms with E-state index < -0.39 is 0 Å². The lowest BCUT2D eigenvalue weighted by Crippen LogP contribution is -2.18. The average Bonchev–Trinajstić information content (AvgIpc) is 2.79. The Kier molecular flexibility index (Phi) is 4.80. The van der Waals surface area contributed by atoms with Crippen molar-refractivity contribution in [2.75, 3.05) is 6.54 Å².